The summed E-state index contributed by atoms with van der Waals surface area (Å²) in [4.78, 5) is 0.890. The van der Waals surface area contributed by atoms with Crippen molar-refractivity contribution in [1.82, 2.24) is 4.37 Å². The number of hydrogen-bond donors (Lipinski definition) is 1. The molecule has 0 aliphatic rings. The van der Waals surface area contributed by atoms with Crippen LogP contribution in [0.3, 0.4) is 0 Å². The maximum atomic E-state index is 5.64. The van der Waals surface area contributed by atoms with Crippen LogP contribution in [0.15, 0.2) is 6.07 Å². The highest BCUT2D eigenvalue weighted by atomic mass is 32.1. The molecule has 1 heterocycles. The van der Waals surface area contributed by atoms with E-state index < -0.39 is 0 Å². The van der Waals surface area contributed by atoms with Crippen molar-refractivity contribution in [1.29, 1.82) is 0 Å². The molecule has 0 aromatic carbocycles. The number of aromatic nitrogens is 1. The molecule has 1 aromatic heterocycles. The summed E-state index contributed by atoms with van der Waals surface area (Å²) >= 11 is 1.32. The molecular formula is C9H12N2OS. The fourth-order valence-electron chi connectivity index (χ4n) is 0.680. The van der Waals surface area contributed by atoms with Gasteiger partial charge >= 0.3 is 0 Å². The number of rotatable bonds is 2. The third kappa shape index (κ3) is 3.05. The Hall–Kier alpha value is -1.05. The van der Waals surface area contributed by atoms with Gasteiger partial charge in [-0.25, -0.2) is 0 Å². The number of nitrogens with zero attached hydrogens (tertiary/aromatic N) is 1. The molecule has 1 aromatic rings. The van der Waals surface area contributed by atoms with Crippen LogP contribution in [0, 0.1) is 11.8 Å². The maximum Gasteiger partial charge on any atom is 0.226 e. The molecule has 0 radical (unpaired) electrons. The topological polar surface area (TPSA) is 48.1 Å². The molecule has 0 saturated carbocycles. The lowest BCUT2D eigenvalue weighted by Crippen LogP contribution is -2.15. The Morgan fingerprint density at radius 1 is 1.77 bits per heavy atom. The maximum absolute atomic E-state index is 5.64. The third-order valence-corrected chi connectivity index (χ3v) is 2.21. The van der Waals surface area contributed by atoms with Gasteiger partial charge in [0.2, 0.25) is 5.88 Å². The van der Waals surface area contributed by atoms with Gasteiger partial charge in [0.15, 0.2) is 0 Å². The first-order valence-electron chi connectivity index (χ1n) is 4.04. The van der Waals surface area contributed by atoms with Crippen LogP contribution in [-0.4, -0.2) is 17.5 Å². The van der Waals surface area contributed by atoms with Crippen LogP contribution in [0.2, 0.25) is 0 Å². The van der Waals surface area contributed by atoms with Gasteiger partial charge in [-0.15, -0.1) is 0 Å². The quantitative estimate of drug-likeness (QED) is 0.724. The predicted molar refractivity (Wildman–Crippen MR) is 53.8 cm³/mol. The van der Waals surface area contributed by atoms with Crippen molar-refractivity contribution in [2.45, 2.75) is 19.4 Å². The molecule has 0 aliphatic heterocycles. The zero-order valence-electron chi connectivity index (χ0n) is 7.70. The number of methoxy groups -OCH3 is 1. The lowest BCUT2D eigenvalue weighted by molar-refractivity contribution is 0.402. The van der Waals surface area contributed by atoms with Crippen molar-refractivity contribution in [3.05, 3.63) is 10.9 Å². The largest absolute Gasteiger partial charge is 0.480 e. The van der Waals surface area contributed by atoms with Crippen LogP contribution in [0.4, 0.5) is 0 Å². The Bertz CT molecular complexity index is 324. The van der Waals surface area contributed by atoms with Crippen LogP contribution >= 0.6 is 11.5 Å². The second-order valence-corrected chi connectivity index (χ2v) is 3.32. The van der Waals surface area contributed by atoms with E-state index in [-0.39, 0.29) is 6.04 Å². The van der Waals surface area contributed by atoms with Crippen molar-refractivity contribution in [3.63, 3.8) is 0 Å². The van der Waals surface area contributed by atoms with Crippen LogP contribution in [-0.2, 0) is 0 Å². The van der Waals surface area contributed by atoms with E-state index in [0.29, 0.717) is 5.88 Å². The molecule has 0 bridgehead atoms. The van der Waals surface area contributed by atoms with Crippen LogP contribution < -0.4 is 10.5 Å². The van der Waals surface area contributed by atoms with Gasteiger partial charge in [0, 0.05) is 6.07 Å². The van der Waals surface area contributed by atoms with E-state index in [2.05, 4.69) is 16.2 Å². The Morgan fingerprint density at radius 3 is 3.08 bits per heavy atom. The molecule has 0 fully saturated rings. The molecule has 70 valence electrons. The first kappa shape index (κ1) is 10.0. The second kappa shape index (κ2) is 4.85. The Balaban J connectivity index is 2.66. The van der Waals surface area contributed by atoms with E-state index >= 15 is 0 Å². The molecule has 4 heteroatoms. The van der Waals surface area contributed by atoms with Crippen molar-refractivity contribution < 1.29 is 4.74 Å². The Morgan fingerprint density at radius 2 is 2.54 bits per heavy atom. The Kier molecular flexibility index (Phi) is 3.74. The van der Waals surface area contributed by atoms with Crippen LogP contribution in [0.5, 0.6) is 5.88 Å². The number of ether oxygens (including phenoxy) is 1. The van der Waals surface area contributed by atoms with Gasteiger partial charge in [0.25, 0.3) is 0 Å². The minimum Gasteiger partial charge on any atom is -0.480 e. The molecule has 3 nitrogen and oxygen atoms in total. The van der Waals surface area contributed by atoms with E-state index in [0.717, 1.165) is 11.3 Å². The Labute approximate surface area is 82.1 Å². The molecule has 0 aliphatic carbocycles. The fraction of sp³-hybridized carbons (Fsp3) is 0.444. The van der Waals surface area contributed by atoms with Gasteiger partial charge in [-0.2, -0.15) is 4.37 Å². The summed E-state index contributed by atoms with van der Waals surface area (Å²) in [5.74, 6) is 6.49. The first-order valence-corrected chi connectivity index (χ1v) is 4.81. The summed E-state index contributed by atoms with van der Waals surface area (Å²) < 4.78 is 8.94. The molecular weight excluding hydrogens is 184 g/mol. The van der Waals surface area contributed by atoms with Gasteiger partial charge in [-0.05, 0) is 18.0 Å². The summed E-state index contributed by atoms with van der Waals surface area (Å²) in [5, 5.41) is 0. The highest BCUT2D eigenvalue weighted by molar-refractivity contribution is 7.06. The first-order chi connectivity index (χ1) is 6.26. The molecule has 1 rings (SSSR count). The third-order valence-electron chi connectivity index (χ3n) is 1.52. The molecule has 0 spiro atoms. The molecule has 2 N–H and O–H groups in total. The lowest BCUT2D eigenvalue weighted by Gasteiger charge is -1.93. The zero-order chi connectivity index (χ0) is 9.68. The van der Waals surface area contributed by atoms with Gasteiger partial charge < -0.3 is 10.5 Å². The van der Waals surface area contributed by atoms with E-state index in [9.17, 15) is 0 Å². The minimum atomic E-state index is -0.0481. The molecule has 0 amide bonds. The van der Waals surface area contributed by atoms with Gasteiger partial charge in [-0.3, -0.25) is 0 Å². The van der Waals surface area contributed by atoms with Crippen LogP contribution in [0.1, 0.15) is 18.2 Å². The van der Waals surface area contributed by atoms with Gasteiger partial charge in [-0.1, -0.05) is 18.8 Å². The highest BCUT2D eigenvalue weighted by Crippen LogP contribution is 2.14. The van der Waals surface area contributed by atoms with Gasteiger partial charge in [0.05, 0.1) is 13.2 Å². The van der Waals surface area contributed by atoms with Crippen LogP contribution in [0.25, 0.3) is 0 Å². The lowest BCUT2D eigenvalue weighted by atomic mass is 10.2. The average molecular weight is 196 g/mol. The summed E-state index contributed by atoms with van der Waals surface area (Å²) in [6.07, 6.45) is 0.864. The zero-order valence-corrected chi connectivity index (χ0v) is 8.52. The molecule has 1 atom stereocenters. The van der Waals surface area contributed by atoms with E-state index in [1.54, 1.807) is 13.2 Å². The van der Waals surface area contributed by atoms with Crippen molar-refractivity contribution >= 4 is 11.5 Å². The molecule has 13 heavy (non-hydrogen) atoms. The monoisotopic (exact) mass is 196 g/mol. The highest BCUT2D eigenvalue weighted by Gasteiger charge is 1.97. The van der Waals surface area contributed by atoms with Crippen molar-refractivity contribution in [3.8, 4) is 17.7 Å². The molecule has 1 unspecified atom stereocenters. The van der Waals surface area contributed by atoms with Crippen molar-refractivity contribution in [2.75, 3.05) is 7.11 Å². The SMILES string of the molecule is CCC(N)C#Cc1cc(OC)ns1. The molecule has 0 saturated heterocycles. The predicted octanol–water partition coefficient (Wildman–Crippen LogP) is 1.24. The number of nitrogens with two attached hydrogens (primary N) is 1. The second-order valence-electron chi connectivity index (χ2n) is 2.52. The van der Waals surface area contributed by atoms with E-state index in [1.165, 1.54) is 11.5 Å². The van der Waals surface area contributed by atoms with E-state index in [1.807, 2.05) is 6.92 Å². The summed E-state index contributed by atoms with van der Waals surface area (Å²) in [6.45, 7) is 2.01. The number of hydrogen-bond acceptors (Lipinski definition) is 4. The smallest absolute Gasteiger partial charge is 0.226 e. The minimum absolute atomic E-state index is 0.0481. The standard InChI is InChI=1S/C9H12N2OS/c1-3-7(10)4-5-8-6-9(12-2)11-13-8/h6-7H,3,10H2,1-2H3. The normalized spacial score (nSPS) is 11.6. The summed E-state index contributed by atoms with van der Waals surface area (Å²) in [6, 6.07) is 1.76. The average Bonchev–Trinajstić information content (AvgIpc) is 2.61. The van der Waals surface area contributed by atoms with E-state index in [4.69, 9.17) is 10.5 Å². The fourth-order valence-corrected chi connectivity index (χ4v) is 1.25. The van der Waals surface area contributed by atoms with Crippen molar-refractivity contribution in [2.24, 2.45) is 5.73 Å². The van der Waals surface area contributed by atoms with Gasteiger partial charge in [0.1, 0.15) is 4.88 Å². The summed E-state index contributed by atoms with van der Waals surface area (Å²) in [5.41, 5.74) is 5.64. The summed E-state index contributed by atoms with van der Waals surface area (Å²) in [7, 11) is 1.59.